The molecule has 5 nitrogen and oxygen atoms in total. The molecule has 0 spiro atoms. The number of benzene rings is 1. The molecule has 0 aliphatic carbocycles. The van der Waals surface area contributed by atoms with Crippen molar-refractivity contribution < 1.29 is 4.74 Å². The lowest BCUT2D eigenvalue weighted by atomic mass is 10.1. The normalized spacial score (nSPS) is 16.4. The number of aromatic nitrogens is 3. The van der Waals surface area contributed by atoms with Gasteiger partial charge in [-0.2, -0.15) is 5.10 Å². The van der Waals surface area contributed by atoms with E-state index in [1.54, 1.807) is 0 Å². The van der Waals surface area contributed by atoms with E-state index in [4.69, 9.17) is 28.6 Å². The number of ether oxygens (including phenoxy) is 1. The summed E-state index contributed by atoms with van der Waals surface area (Å²) in [6.45, 7) is 3.32. The van der Waals surface area contributed by atoms with Gasteiger partial charge in [0, 0.05) is 7.05 Å². The Balaban J connectivity index is 1.67. The van der Waals surface area contributed by atoms with Crippen LogP contribution in [0.1, 0.15) is 37.9 Å². The van der Waals surface area contributed by atoms with Crippen LogP contribution in [-0.2, 0) is 20.3 Å². The summed E-state index contributed by atoms with van der Waals surface area (Å²) >= 11 is 11.7. The Kier molecular flexibility index (Phi) is 6.51. The fourth-order valence-electron chi connectivity index (χ4n) is 3.10. The molecular weight excluding hydrogens is 356 g/mol. The molecule has 0 radical (unpaired) electrons. The average Bonchev–Trinajstić information content (AvgIpc) is 2.84. The molecule has 1 saturated heterocycles. The Morgan fingerprint density at radius 1 is 1.12 bits per heavy atom. The van der Waals surface area contributed by atoms with Crippen LogP contribution in [-0.4, -0.2) is 32.3 Å². The van der Waals surface area contributed by atoms with Crippen LogP contribution in [0.5, 0.6) is 5.75 Å². The highest BCUT2D eigenvalue weighted by atomic mass is 35.5. The predicted octanol–water partition coefficient (Wildman–Crippen LogP) is 4.41. The maximum absolute atomic E-state index is 6.14. The highest BCUT2D eigenvalue weighted by molar-refractivity contribution is 7.71. The van der Waals surface area contributed by atoms with E-state index >= 15 is 0 Å². The highest BCUT2D eigenvalue weighted by Crippen LogP contribution is 2.23. The first-order chi connectivity index (χ1) is 12.1. The molecule has 2 aromatic rings. The molecule has 136 valence electrons. The lowest BCUT2D eigenvalue weighted by molar-refractivity contribution is 0.186. The van der Waals surface area contributed by atoms with Crippen LogP contribution < -0.4 is 4.74 Å². The molecule has 1 aliphatic rings. The van der Waals surface area contributed by atoms with Crippen LogP contribution in [0.15, 0.2) is 24.3 Å². The summed E-state index contributed by atoms with van der Waals surface area (Å²) in [4.78, 5) is 2.45. The molecule has 0 amide bonds. The second-order valence-corrected chi connectivity index (χ2v) is 7.28. The van der Waals surface area contributed by atoms with E-state index in [-0.39, 0.29) is 0 Å². The topological polar surface area (TPSA) is 35.2 Å². The molecular formula is C18H25ClN4OS. The van der Waals surface area contributed by atoms with Gasteiger partial charge >= 0.3 is 0 Å². The minimum Gasteiger partial charge on any atom is -0.484 e. The first-order valence-corrected chi connectivity index (χ1v) is 9.66. The third-order valence-electron chi connectivity index (χ3n) is 4.61. The molecule has 1 aromatic carbocycles. The first-order valence-electron chi connectivity index (χ1n) is 8.87. The van der Waals surface area contributed by atoms with Gasteiger partial charge in [0.05, 0.1) is 11.7 Å². The molecule has 25 heavy (non-hydrogen) atoms. The number of hydrogen-bond donors (Lipinski definition) is 0. The molecule has 1 aromatic heterocycles. The van der Waals surface area contributed by atoms with Crippen molar-refractivity contribution in [2.75, 3.05) is 13.1 Å². The summed E-state index contributed by atoms with van der Waals surface area (Å²) < 4.78 is 10.3. The van der Waals surface area contributed by atoms with Gasteiger partial charge in [0.2, 0.25) is 0 Å². The summed E-state index contributed by atoms with van der Waals surface area (Å²) in [6.07, 6.45) is 6.51. The summed E-state index contributed by atoms with van der Waals surface area (Å²) in [7, 11) is 1.94. The van der Waals surface area contributed by atoms with Crippen molar-refractivity contribution in [3.63, 3.8) is 0 Å². The fraction of sp³-hybridized carbons (Fsp3) is 0.556. The Bertz CT molecular complexity index is 750. The van der Waals surface area contributed by atoms with Crippen molar-refractivity contribution >= 4 is 23.8 Å². The zero-order chi connectivity index (χ0) is 17.6. The molecule has 0 atom stereocenters. The number of halogens is 1. The van der Waals surface area contributed by atoms with Gasteiger partial charge in [0.15, 0.2) is 10.6 Å². The number of para-hydroxylation sites is 1. The second-order valence-electron chi connectivity index (χ2n) is 6.50. The molecule has 2 heterocycles. The monoisotopic (exact) mass is 380 g/mol. The molecule has 0 unspecified atom stereocenters. The lowest BCUT2D eigenvalue weighted by Crippen LogP contribution is -2.30. The van der Waals surface area contributed by atoms with E-state index in [0.29, 0.717) is 17.4 Å². The molecule has 0 bridgehead atoms. The van der Waals surface area contributed by atoms with Crippen molar-refractivity contribution in [3.05, 3.63) is 39.9 Å². The molecule has 1 fully saturated rings. The van der Waals surface area contributed by atoms with Gasteiger partial charge in [-0.25, -0.2) is 4.68 Å². The Labute approximate surface area is 159 Å². The molecule has 0 saturated carbocycles. The van der Waals surface area contributed by atoms with Gasteiger partial charge in [-0.05, 0) is 50.3 Å². The number of likely N-dealkylation sites (tertiary alicyclic amines) is 1. The smallest absolute Gasteiger partial charge is 0.198 e. The van der Waals surface area contributed by atoms with Crippen molar-refractivity contribution in [1.82, 2.24) is 19.2 Å². The van der Waals surface area contributed by atoms with E-state index in [9.17, 15) is 0 Å². The molecule has 0 N–H and O–H groups in total. The lowest BCUT2D eigenvalue weighted by Gasteiger charge is -2.23. The molecule has 3 rings (SSSR count). The summed E-state index contributed by atoms with van der Waals surface area (Å²) in [5.74, 6) is 1.46. The minimum atomic E-state index is 0.344. The predicted molar refractivity (Wildman–Crippen MR) is 102 cm³/mol. The third-order valence-corrected chi connectivity index (χ3v) is 5.40. The maximum atomic E-state index is 6.14. The number of hydrogen-bond acceptors (Lipinski definition) is 4. The first kappa shape index (κ1) is 18.4. The van der Waals surface area contributed by atoms with E-state index in [2.05, 4.69) is 10.00 Å². The van der Waals surface area contributed by atoms with Gasteiger partial charge in [0.1, 0.15) is 12.4 Å². The Morgan fingerprint density at radius 3 is 2.52 bits per heavy atom. The van der Waals surface area contributed by atoms with Crippen molar-refractivity contribution in [3.8, 4) is 5.75 Å². The maximum Gasteiger partial charge on any atom is 0.198 e. The Morgan fingerprint density at radius 2 is 1.80 bits per heavy atom. The minimum absolute atomic E-state index is 0.344. The van der Waals surface area contributed by atoms with E-state index in [1.807, 2.05) is 40.6 Å². The average molecular weight is 381 g/mol. The number of rotatable bonds is 5. The number of nitrogens with zero attached hydrogens (tertiary/aromatic N) is 4. The third kappa shape index (κ3) is 4.84. The SMILES string of the molecule is Cn1c(COc2ccccc2Cl)nn(CN2CCCCCCC2)c1=S. The summed E-state index contributed by atoms with van der Waals surface area (Å²) in [6, 6.07) is 7.46. The second kappa shape index (κ2) is 8.83. The summed E-state index contributed by atoms with van der Waals surface area (Å²) in [5.41, 5.74) is 0. The van der Waals surface area contributed by atoms with E-state index in [0.717, 1.165) is 30.4 Å². The fourth-order valence-corrected chi connectivity index (χ4v) is 3.49. The van der Waals surface area contributed by atoms with E-state index < -0.39 is 0 Å². The Hall–Kier alpha value is -1.37. The highest BCUT2D eigenvalue weighted by Gasteiger charge is 2.13. The zero-order valence-electron chi connectivity index (χ0n) is 14.7. The van der Waals surface area contributed by atoms with Gasteiger partial charge in [-0.3, -0.25) is 4.90 Å². The van der Waals surface area contributed by atoms with Crippen LogP contribution in [0.4, 0.5) is 0 Å². The van der Waals surface area contributed by atoms with Crippen molar-refractivity contribution in [1.29, 1.82) is 0 Å². The van der Waals surface area contributed by atoms with Crippen LogP contribution in [0, 0.1) is 4.77 Å². The standard InChI is InChI=1S/C18H25ClN4OS/c1-21-17(13-24-16-10-6-5-9-15(16)19)20-23(18(21)25)14-22-11-7-3-2-4-8-12-22/h5-6,9-10H,2-4,7-8,11-14H2,1H3. The van der Waals surface area contributed by atoms with Gasteiger partial charge in [0.25, 0.3) is 0 Å². The largest absolute Gasteiger partial charge is 0.484 e. The van der Waals surface area contributed by atoms with Crippen molar-refractivity contribution in [2.45, 2.75) is 45.4 Å². The quantitative estimate of drug-likeness (QED) is 0.720. The summed E-state index contributed by atoms with van der Waals surface area (Å²) in [5, 5.41) is 5.27. The van der Waals surface area contributed by atoms with Crippen LogP contribution in [0.25, 0.3) is 0 Å². The van der Waals surface area contributed by atoms with Gasteiger partial charge in [-0.15, -0.1) is 0 Å². The van der Waals surface area contributed by atoms with Gasteiger partial charge in [-0.1, -0.05) is 43.0 Å². The molecule has 7 heteroatoms. The van der Waals surface area contributed by atoms with E-state index in [1.165, 1.54) is 32.1 Å². The van der Waals surface area contributed by atoms with Crippen LogP contribution >= 0.6 is 23.8 Å². The van der Waals surface area contributed by atoms with Crippen LogP contribution in [0.2, 0.25) is 5.02 Å². The zero-order valence-corrected chi connectivity index (χ0v) is 16.2. The molecule has 1 aliphatic heterocycles. The van der Waals surface area contributed by atoms with Crippen molar-refractivity contribution in [2.24, 2.45) is 7.05 Å². The van der Waals surface area contributed by atoms with Gasteiger partial charge < -0.3 is 9.30 Å². The van der Waals surface area contributed by atoms with Crippen LogP contribution in [0.3, 0.4) is 0 Å².